The molecule has 3 heterocycles. The highest BCUT2D eigenvalue weighted by Gasteiger charge is 2.47. The number of rotatable bonds is 2. The number of para-hydroxylation sites is 3. The molecule has 8 aromatic rings. The van der Waals surface area contributed by atoms with Crippen LogP contribution >= 0.6 is 0 Å². The summed E-state index contributed by atoms with van der Waals surface area (Å²) in [5.74, 6) is 1.78. The predicted molar refractivity (Wildman–Crippen MR) is 191 cm³/mol. The molecule has 1 aliphatic heterocycles. The van der Waals surface area contributed by atoms with E-state index in [0.717, 1.165) is 44.9 Å². The molecule has 1 spiro atoms. The molecule has 220 valence electrons. The third-order valence-corrected chi connectivity index (χ3v) is 9.94. The molecule has 0 unspecified atom stereocenters. The van der Waals surface area contributed by atoms with Crippen molar-refractivity contribution < 1.29 is 4.74 Å². The van der Waals surface area contributed by atoms with E-state index in [2.05, 4.69) is 162 Å². The molecule has 3 nitrogen and oxygen atoms in total. The SMILES string of the molecule is C1=Cc2ccc(-c3ccc4c(c3)c3cccnc3n4-c3ccccc3)cc2C2(c3ccccc31)c1ccccc1Oc1ccccc12. The number of nitrogens with zero attached hydrogens (tertiary/aromatic N) is 2. The van der Waals surface area contributed by atoms with Gasteiger partial charge in [0.1, 0.15) is 17.1 Å². The molecule has 0 radical (unpaired) electrons. The molecule has 1 aliphatic carbocycles. The Hall–Kier alpha value is -6.19. The van der Waals surface area contributed by atoms with Gasteiger partial charge >= 0.3 is 0 Å². The maximum absolute atomic E-state index is 6.59. The highest BCUT2D eigenvalue weighted by atomic mass is 16.5. The van der Waals surface area contributed by atoms with Crippen LogP contribution < -0.4 is 4.74 Å². The van der Waals surface area contributed by atoms with E-state index < -0.39 is 5.41 Å². The Morgan fingerprint density at radius 3 is 1.91 bits per heavy atom. The molecule has 2 aromatic heterocycles. The Bertz CT molecular complexity index is 2510. The van der Waals surface area contributed by atoms with Gasteiger partial charge in [-0.15, -0.1) is 0 Å². The van der Waals surface area contributed by atoms with Gasteiger partial charge in [0, 0.05) is 33.8 Å². The number of ether oxygens (including phenoxy) is 1. The quantitative estimate of drug-likeness (QED) is 0.197. The highest BCUT2D eigenvalue weighted by molar-refractivity contribution is 6.09. The molecule has 0 bridgehead atoms. The molecule has 2 aliphatic rings. The van der Waals surface area contributed by atoms with E-state index in [-0.39, 0.29) is 0 Å². The number of pyridine rings is 1. The lowest BCUT2D eigenvalue weighted by Gasteiger charge is -2.42. The van der Waals surface area contributed by atoms with Gasteiger partial charge in [-0.3, -0.25) is 4.57 Å². The summed E-state index contributed by atoms with van der Waals surface area (Å²) >= 11 is 0. The maximum atomic E-state index is 6.59. The van der Waals surface area contributed by atoms with Crippen LogP contribution in [-0.4, -0.2) is 9.55 Å². The standard InChI is InChI=1S/C44H28N2O/c1-2-12-33(13-3-1)46-40-25-24-31(27-35(40)34-14-10-26-45-43(34)46)32-23-22-30-21-20-29-11-4-5-15-36(29)44(39(30)28-32)37-16-6-8-18-41(37)47-42-19-9-7-17-38(42)44/h1-28H. The van der Waals surface area contributed by atoms with Gasteiger partial charge in [0.2, 0.25) is 0 Å². The lowest BCUT2D eigenvalue weighted by atomic mass is 9.62. The fourth-order valence-electron chi connectivity index (χ4n) is 7.95. The molecule has 6 aromatic carbocycles. The molecule has 0 saturated heterocycles. The maximum Gasteiger partial charge on any atom is 0.145 e. The predicted octanol–water partition coefficient (Wildman–Crippen LogP) is 10.8. The summed E-state index contributed by atoms with van der Waals surface area (Å²) in [6.07, 6.45) is 6.42. The summed E-state index contributed by atoms with van der Waals surface area (Å²) < 4.78 is 8.85. The van der Waals surface area contributed by atoms with Crippen molar-refractivity contribution in [1.29, 1.82) is 0 Å². The normalized spacial score (nSPS) is 13.8. The van der Waals surface area contributed by atoms with Gasteiger partial charge in [0.15, 0.2) is 0 Å². The first-order valence-electron chi connectivity index (χ1n) is 16.0. The molecule has 0 N–H and O–H groups in total. The van der Waals surface area contributed by atoms with Crippen molar-refractivity contribution in [3.8, 4) is 28.3 Å². The fourth-order valence-corrected chi connectivity index (χ4v) is 7.95. The summed E-state index contributed by atoms with van der Waals surface area (Å²) in [5, 5.41) is 2.33. The first-order valence-corrected chi connectivity index (χ1v) is 16.0. The zero-order valence-corrected chi connectivity index (χ0v) is 25.5. The van der Waals surface area contributed by atoms with E-state index in [1.165, 1.54) is 38.8 Å². The lowest BCUT2D eigenvalue weighted by Crippen LogP contribution is -2.35. The lowest BCUT2D eigenvalue weighted by molar-refractivity contribution is 0.434. The van der Waals surface area contributed by atoms with Crippen molar-refractivity contribution in [3.05, 3.63) is 191 Å². The number of benzene rings is 6. The molecule has 0 saturated carbocycles. The summed E-state index contributed by atoms with van der Waals surface area (Å²) in [6, 6.07) is 54.4. The van der Waals surface area contributed by atoms with Gasteiger partial charge < -0.3 is 4.74 Å². The van der Waals surface area contributed by atoms with Crippen LogP contribution in [0.3, 0.4) is 0 Å². The molecule has 0 fully saturated rings. The molecule has 10 rings (SSSR count). The Kier molecular flexibility index (Phi) is 5.49. The third-order valence-electron chi connectivity index (χ3n) is 9.94. The molecule has 3 heteroatoms. The van der Waals surface area contributed by atoms with Gasteiger partial charge in [0.05, 0.1) is 10.9 Å². The number of hydrogen-bond acceptors (Lipinski definition) is 2. The van der Waals surface area contributed by atoms with E-state index in [9.17, 15) is 0 Å². The third kappa shape index (κ3) is 3.65. The van der Waals surface area contributed by atoms with Crippen molar-refractivity contribution in [3.63, 3.8) is 0 Å². The van der Waals surface area contributed by atoms with Crippen LogP contribution in [0.15, 0.2) is 158 Å². The molecular formula is C44H28N2O. The molecule has 0 atom stereocenters. The van der Waals surface area contributed by atoms with Crippen LogP contribution in [0.25, 0.3) is 50.9 Å². The van der Waals surface area contributed by atoms with Crippen LogP contribution in [0.2, 0.25) is 0 Å². The Balaban J connectivity index is 1.26. The Morgan fingerprint density at radius 2 is 1.13 bits per heavy atom. The first kappa shape index (κ1) is 26.1. The van der Waals surface area contributed by atoms with Gasteiger partial charge in [-0.1, -0.05) is 109 Å². The van der Waals surface area contributed by atoms with E-state index in [1.807, 2.05) is 12.3 Å². The van der Waals surface area contributed by atoms with Crippen LogP contribution in [0.5, 0.6) is 11.5 Å². The van der Waals surface area contributed by atoms with Crippen LogP contribution in [0.4, 0.5) is 0 Å². The van der Waals surface area contributed by atoms with E-state index in [1.54, 1.807) is 0 Å². The van der Waals surface area contributed by atoms with Gasteiger partial charge in [-0.05, 0) is 88.0 Å². The summed E-state index contributed by atoms with van der Waals surface area (Å²) in [4.78, 5) is 4.83. The van der Waals surface area contributed by atoms with Crippen molar-refractivity contribution in [2.45, 2.75) is 5.41 Å². The number of aromatic nitrogens is 2. The smallest absolute Gasteiger partial charge is 0.145 e. The van der Waals surface area contributed by atoms with Crippen molar-refractivity contribution in [1.82, 2.24) is 9.55 Å². The second-order valence-corrected chi connectivity index (χ2v) is 12.3. The Morgan fingerprint density at radius 1 is 0.489 bits per heavy atom. The van der Waals surface area contributed by atoms with Gasteiger partial charge in [-0.25, -0.2) is 4.98 Å². The molecule has 0 amide bonds. The van der Waals surface area contributed by atoms with E-state index in [0.29, 0.717) is 0 Å². The van der Waals surface area contributed by atoms with Crippen molar-refractivity contribution in [2.75, 3.05) is 0 Å². The second kappa shape index (κ2) is 9.90. The minimum absolute atomic E-state index is 0.575. The van der Waals surface area contributed by atoms with Gasteiger partial charge in [-0.2, -0.15) is 0 Å². The zero-order chi connectivity index (χ0) is 31.0. The van der Waals surface area contributed by atoms with Crippen molar-refractivity contribution >= 4 is 34.1 Å². The largest absolute Gasteiger partial charge is 0.457 e. The second-order valence-electron chi connectivity index (χ2n) is 12.3. The average Bonchev–Trinajstić information content (AvgIpc) is 3.39. The Labute approximate surface area is 272 Å². The zero-order valence-electron chi connectivity index (χ0n) is 25.5. The highest BCUT2D eigenvalue weighted by Crippen LogP contribution is 2.58. The summed E-state index contributed by atoms with van der Waals surface area (Å²) in [5.41, 5.74) is 12.2. The topological polar surface area (TPSA) is 27.1 Å². The molecular weight excluding hydrogens is 572 g/mol. The summed E-state index contributed by atoms with van der Waals surface area (Å²) in [6.45, 7) is 0. The van der Waals surface area contributed by atoms with Crippen molar-refractivity contribution in [2.24, 2.45) is 0 Å². The molecule has 47 heavy (non-hydrogen) atoms. The number of fused-ring (bicyclic) bond motifs is 11. The van der Waals surface area contributed by atoms with Crippen LogP contribution in [0.1, 0.15) is 33.4 Å². The first-order chi connectivity index (χ1) is 23.3. The summed E-state index contributed by atoms with van der Waals surface area (Å²) in [7, 11) is 0. The van der Waals surface area contributed by atoms with E-state index >= 15 is 0 Å². The fraction of sp³-hybridized carbons (Fsp3) is 0.0227. The average molecular weight is 601 g/mol. The van der Waals surface area contributed by atoms with Gasteiger partial charge in [0.25, 0.3) is 0 Å². The van der Waals surface area contributed by atoms with Crippen LogP contribution in [-0.2, 0) is 5.41 Å². The van der Waals surface area contributed by atoms with E-state index in [4.69, 9.17) is 9.72 Å². The van der Waals surface area contributed by atoms with Crippen LogP contribution in [0, 0.1) is 0 Å². The minimum Gasteiger partial charge on any atom is -0.457 e. The number of hydrogen-bond donors (Lipinski definition) is 0. The monoisotopic (exact) mass is 600 g/mol. The minimum atomic E-state index is -0.575.